The van der Waals surface area contributed by atoms with E-state index in [0.29, 0.717) is 19.3 Å². The molecule has 0 aromatic carbocycles. The normalized spacial score (nSPS) is 24.1. The second-order valence-corrected chi connectivity index (χ2v) is 26.0. The minimum atomic E-state index is -1.09. The maximum Gasteiger partial charge on any atom is 0.258 e. The maximum absolute atomic E-state index is 12.2. The van der Waals surface area contributed by atoms with Gasteiger partial charge in [-0.2, -0.15) is 0 Å². The van der Waals surface area contributed by atoms with Gasteiger partial charge < -0.3 is 16.0 Å². The van der Waals surface area contributed by atoms with E-state index < -0.39 is 6.43 Å². The predicted octanol–water partition coefficient (Wildman–Crippen LogP) is 5.14. The van der Waals surface area contributed by atoms with Crippen molar-refractivity contribution >= 4 is 161 Å². The van der Waals surface area contributed by atoms with E-state index in [1.54, 1.807) is 0 Å². The summed E-state index contributed by atoms with van der Waals surface area (Å²) in [5.74, 6) is -0.969. The van der Waals surface area contributed by atoms with Crippen LogP contribution in [0.2, 0.25) is 0 Å². The Morgan fingerprint density at radius 3 is 0.852 bits per heavy atom. The Balaban J connectivity index is 2.90. The zero-order valence-electron chi connectivity index (χ0n) is 13.0. The van der Waals surface area contributed by atoms with Crippen LogP contribution in [0.1, 0.15) is 19.3 Å². The SMILES string of the molecule is O=C(NC1CC(NC(=O)C(Br)(Br)Br)CC(NC(=O)C(Br)(Br)Br)C1)C(Br)(Br)Br. The van der Waals surface area contributed by atoms with Crippen LogP contribution in [-0.4, -0.2) is 42.3 Å². The first-order chi connectivity index (χ1) is 12.0. The lowest BCUT2D eigenvalue weighted by molar-refractivity contribution is -0.120. The number of carbonyl (C=O) groups is 3. The number of halogens is 9. The average Bonchev–Trinajstić information content (AvgIpc) is 2.43. The van der Waals surface area contributed by atoms with E-state index in [1.165, 1.54) is 0 Å². The third-order valence-electron chi connectivity index (χ3n) is 3.49. The van der Waals surface area contributed by atoms with Crippen molar-refractivity contribution < 1.29 is 14.4 Å². The summed E-state index contributed by atoms with van der Waals surface area (Å²) < 4.78 is -3.26. The molecule has 0 saturated heterocycles. The minimum absolute atomic E-state index is 0.264. The molecule has 0 unspecified atom stereocenters. The highest BCUT2D eigenvalue weighted by atomic mass is 80.0. The van der Waals surface area contributed by atoms with Crippen LogP contribution >= 0.6 is 143 Å². The van der Waals surface area contributed by atoms with Gasteiger partial charge in [0, 0.05) is 18.1 Å². The van der Waals surface area contributed by atoms with Gasteiger partial charge in [0.05, 0.1) is 0 Å². The Labute approximate surface area is 232 Å². The van der Waals surface area contributed by atoms with Crippen molar-refractivity contribution in [1.29, 1.82) is 0 Å². The Morgan fingerprint density at radius 1 is 0.519 bits per heavy atom. The van der Waals surface area contributed by atoms with Crippen LogP contribution in [0.15, 0.2) is 0 Å². The zero-order chi connectivity index (χ0) is 21.2. The monoisotopic (exact) mass is 956 g/mol. The third kappa shape index (κ3) is 10.3. The lowest BCUT2D eigenvalue weighted by Crippen LogP contribution is -2.56. The molecule has 3 amide bonds. The topological polar surface area (TPSA) is 87.3 Å². The molecule has 0 aliphatic heterocycles. The molecule has 0 bridgehead atoms. The van der Waals surface area contributed by atoms with E-state index in [-0.39, 0.29) is 35.8 Å². The lowest BCUT2D eigenvalue weighted by atomic mass is 9.86. The number of alkyl halides is 9. The highest BCUT2D eigenvalue weighted by molar-refractivity contribution is 9.40. The second-order valence-electron chi connectivity index (χ2n) is 5.71. The molecule has 1 saturated carbocycles. The zero-order valence-corrected chi connectivity index (χ0v) is 27.3. The summed E-state index contributed by atoms with van der Waals surface area (Å²) in [6, 6.07) is -0.793. The standard InChI is InChI=1S/C12H12Br9N3O3/c13-10(14,15)7(25)22-4-1-5(23-8(26)11(16,17)18)3-6(2-4)24-9(27)12(19,20)21/h4-6H,1-3H2,(H,22,25)(H,23,26)(H,24,27). The molecule has 0 heterocycles. The van der Waals surface area contributed by atoms with E-state index in [0.717, 1.165) is 0 Å². The molecule has 1 aliphatic carbocycles. The van der Waals surface area contributed by atoms with Crippen molar-refractivity contribution in [3.63, 3.8) is 0 Å². The maximum atomic E-state index is 12.2. The first-order valence-electron chi connectivity index (χ1n) is 7.13. The highest BCUT2D eigenvalue weighted by Gasteiger charge is 2.39. The molecule has 0 aromatic rings. The molecule has 156 valence electrons. The van der Waals surface area contributed by atoms with Crippen LogP contribution in [0.5, 0.6) is 0 Å². The summed E-state index contributed by atoms with van der Waals surface area (Å²) in [4.78, 5) is 36.7. The van der Waals surface area contributed by atoms with Crippen molar-refractivity contribution in [3.8, 4) is 0 Å². The molecule has 0 aromatic heterocycles. The largest absolute Gasteiger partial charge is 0.350 e. The summed E-state index contributed by atoms with van der Waals surface area (Å²) >= 11 is 28.6. The fourth-order valence-corrected chi connectivity index (χ4v) is 3.50. The molecular formula is C12H12Br9N3O3. The number of carbonyl (C=O) groups excluding carboxylic acids is 3. The first-order valence-corrected chi connectivity index (χ1v) is 14.3. The predicted molar refractivity (Wildman–Crippen MR) is 138 cm³/mol. The van der Waals surface area contributed by atoms with Gasteiger partial charge in [0.1, 0.15) is 0 Å². The molecule has 27 heavy (non-hydrogen) atoms. The van der Waals surface area contributed by atoms with Gasteiger partial charge in [-0.25, -0.2) is 0 Å². The molecule has 3 N–H and O–H groups in total. The number of hydrogen-bond donors (Lipinski definition) is 3. The number of hydrogen-bond acceptors (Lipinski definition) is 3. The van der Waals surface area contributed by atoms with Crippen molar-refractivity contribution in [2.24, 2.45) is 0 Å². The molecule has 1 fully saturated rings. The number of amides is 3. The Hall–Kier alpha value is 2.73. The fraction of sp³-hybridized carbons (Fsp3) is 0.750. The van der Waals surface area contributed by atoms with E-state index in [4.69, 9.17) is 0 Å². The molecule has 1 rings (SSSR count). The van der Waals surface area contributed by atoms with Crippen LogP contribution in [-0.2, 0) is 14.4 Å². The van der Waals surface area contributed by atoms with Crippen LogP contribution in [0, 0.1) is 0 Å². The van der Waals surface area contributed by atoms with Crippen molar-refractivity contribution in [1.82, 2.24) is 16.0 Å². The summed E-state index contributed by atoms with van der Waals surface area (Å²) in [5, 5.41) is 8.67. The van der Waals surface area contributed by atoms with Gasteiger partial charge in [-0.1, -0.05) is 0 Å². The summed E-state index contributed by atoms with van der Waals surface area (Å²) in [5.41, 5.74) is 0. The molecule has 0 radical (unpaired) electrons. The molecule has 0 spiro atoms. The summed E-state index contributed by atoms with van der Waals surface area (Å²) in [7, 11) is 0. The van der Waals surface area contributed by atoms with Gasteiger partial charge in [0.25, 0.3) is 17.7 Å². The van der Waals surface area contributed by atoms with Gasteiger partial charge in [-0.15, -0.1) is 0 Å². The van der Waals surface area contributed by atoms with Gasteiger partial charge in [-0.05, 0) is 163 Å². The Bertz CT molecular complexity index is 499. The number of rotatable bonds is 3. The molecule has 0 atom stereocenters. The highest BCUT2D eigenvalue weighted by Crippen LogP contribution is 2.36. The van der Waals surface area contributed by atoms with Crippen LogP contribution in [0.25, 0.3) is 0 Å². The van der Waals surface area contributed by atoms with Crippen molar-refractivity contribution in [2.75, 3.05) is 0 Å². The van der Waals surface area contributed by atoms with Crippen molar-refractivity contribution in [2.45, 2.75) is 43.8 Å². The molecule has 1 aliphatic rings. The molecule has 6 nitrogen and oxygen atoms in total. The average molecular weight is 965 g/mol. The van der Waals surface area contributed by atoms with E-state index >= 15 is 0 Å². The van der Waals surface area contributed by atoms with E-state index in [2.05, 4.69) is 159 Å². The van der Waals surface area contributed by atoms with Gasteiger partial charge in [0.2, 0.25) is 6.43 Å². The van der Waals surface area contributed by atoms with Gasteiger partial charge >= 0.3 is 0 Å². The van der Waals surface area contributed by atoms with Crippen LogP contribution in [0.3, 0.4) is 0 Å². The molecule has 15 heteroatoms. The van der Waals surface area contributed by atoms with E-state index in [1.807, 2.05) is 0 Å². The van der Waals surface area contributed by atoms with Crippen LogP contribution in [0.4, 0.5) is 0 Å². The summed E-state index contributed by atoms with van der Waals surface area (Å²) in [6.45, 7) is 0. The van der Waals surface area contributed by atoms with Gasteiger partial charge in [0.15, 0.2) is 0 Å². The Kier molecular flexibility index (Phi) is 11.4. The second kappa shape index (κ2) is 11.0. The summed E-state index contributed by atoms with van der Waals surface area (Å²) in [6.07, 6.45) is 1.54. The smallest absolute Gasteiger partial charge is 0.258 e. The molecular weight excluding hydrogens is 953 g/mol. The van der Waals surface area contributed by atoms with Gasteiger partial charge in [-0.3, -0.25) is 14.4 Å². The van der Waals surface area contributed by atoms with E-state index in [9.17, 15) is 14.4 Å². The lowest BCUT2D eigenvalue weighted by Gasteiger charge is -2.37. The fourth-order valence-electron chi connectivity index (χ4n) is 2.47. The Morgan fingerprint density at radius 2 is 0.704 bits per heavy atom. The van der Waals surface area contributed by atoms with Crippen molar-refractivity contribution in [3.05, 3.63) is 0 Å². The third-order valence-corrected chi connectivity index (χ3v) is 6.73. The number of nitrogens with one attached hydrogen (secondary N) is 3. The minimum Gasteiger partial charge on any atom is -0.350 e. The quantitative estimate of drug-likeness (QED) is 0.343. The van der Waals surface area contributed by atoms with Crippen LogP contribution < -0.4 is 16.0 Å². The first kappa shape index (κ1) is 27.8.